The minimum absolute atomic E-state index is 0.304. The van der Waals surface area contributed by atoms with Crippen LogP contribution in [-0.2, 0) is 6.42 Å². The van der Waals surface area contributed by atoms with Crippen molar-refractivity contribution in [3.63, 3.8) is 0 Å². The topological polar surface area (TPSA) is 17.8 Å². The molecule has 0 aliphatic rings. The number of hydrogen-bond acceptors (Lipinski definition) is 1. The van der Waals surface area contributed by atoms with Crippen LogP contribution in [0.5, 0.6) is 0 Å². The third-order valence-electron chi connectivity index (χ3n) is 3.30. The van der Waals surface area contributed by atoms with Crippen molar-refractivity contribution in [2.75, 3.05) is 0 Å². The molecule has 1 rings (SSSR count). The second-order valence-electron chi connectivity index (χ2n) is 4.68. The molecule has 98 valence electrons. The second kappa shape index (κ2) is 7.75. The van der Waals surface area contributed by atoms with Crippen LogP contribution >= 0.6 is 11.6 Å². The first-order valence-corrected chi connectivity index (χ1v) is 7.32. The maximum Gasteiger partial charge on any atom is 0.0625 e. The molecule has 0 aliphatic carbocycles. The van der Waals surface area contributed by atoms with Crippen molar-refractivity contribution < 1.29 is 0 Å². The van der Waals surface area contributed by atoms with Crippen LogP contribution in [0, 0.1) is 0 Å². The predicted octanol–water partition coefficient (Wildman–Crippen LogP) is 4.58. The van der Waals surface area contributed by atoms with E-state index in [0.717, 1.165) is 38.5 Å². The monoisotopic (exact) mass is 256 g/mol. The fourth-order valence-corrected chi connectivity index (χ4v) is 2.47. The summed E-state index contributed by atoms with van der Waals surface area (Å²) < 4.78 is 2.11. The molecule has 0 fully saturated rings. The van der Waals surface area contributed by atoms with Gasteiger partial charge in [0, 0.05) is 11.6 Å². The highest BCUT2D eigenvalue weighted by Gasteiger charge is 2.09. The SMILES string of the molecule is CCCC(Cl)CCc1ccn(C(CC)CC)n1. The van der Waals surface area contributed by atoms with Crippen molar-refractivity contribution >= 4 is 11.6 Å². The largest absolute Gasteiger partial charge is 0.269 e. The van der Waals surface area contributed by atoms with Crippen molar-refractivity contribution in [3.8, 4) is 0 Å². The zero-order chi connectivity index (χ0) is 12.7. The van der Waals surface area contributed by atoms with E-state index in [1.807, 2.05) is 0 Å². The Morgan fingerprint density at radius 3 is 2.53 bits per heavy atom. The molecule has 0 aromatic carbocycles. The molecule has 0 aliphatic heterocycles. The molecule has 1 aromatic heterocycles. The number of rotatable bonds is 8. The van der Waals surface area contributed by atoms with Gasteiger partial charge in [-0.15, -0.1) is 11.6 Å². The number of nitrogens with zero attached hydrogens (tertiary/aromatic N) is 2. The summed E-state index contributed by atoms with van der Waals surface area (Å²) in [5.74, 6) is 0. The number of alkyl halides is 1. The lowest BCUT2D eigenvalue weighted by molar-refractivity contribution is 0.425. The maximum absolute atomic E-state index is 6.22. The summed E-state index contributed by atoms with van der Waals surface area (Å²) in [5.41, 5.74) is 1.18. The van der Waals surface area contributed by atoms with E-state index in [9.17, 15) is 0 Å². The van der Waals surface area contributed by atoms with Crippen LogP contribution < -0.4 is 0 Å². The summed E-state index contributed by atoms with van der Waals surface area (Å²) in [7, 11) is 0. The molecule has 0 amide bonds. The van der Waals surface area contributed by atoms with Crippen LogP contribution in [0.4, 0.5) is 0 Å². The van der Waals surface area contributed by atoms with Crippen molar-refractivity contribution in [1.29, 1.82) is 0 Å². The molecule has 0 N–H and O–H groups in total. The Balaban J connectivity index is 2.45. The molecule has 0 radical (unpaired) electrons. The molecule has 0 saturated heterocycles. The maximum atomic E-state index is 6.22. The summed E-state index contributed by atoms with van der Waals surface area (Å²) >= 11 is 6.22. The van der Waals surface area contributed by atoms with E-state index in [-0.39, 0.29) is 0 Å². The van der Waals surface area contributed by atoms with Gasteiger partial charge in [-0.1, -0.05) is 27.2 Å². The van der Waals surface area contributed by atoms with Crippen LogP contribution in [0.1, 0.15) is 64.6 Å². The van der Waals surface area contributed by atoms with Gasteiger partial charge in [0.2, 0.25) is 0 Å². The summed E-state index contributed by atoms with van der Waals surface area (Å²) in [6, 6.07) is 2.68. The van der Waals surface area contributed by atoms with Gasteiger partial charge in [-0.2, -0.15) is 5.10 Å². The minimum atomic E-state index is 0.304. The van der Waals surface area contributed by atoms with Gasteiger partial charge in [0.1, 0.15) is 0 Å². The lowest BCUT2D eigenvalue weighted by Gasteiger charge is -2.12. The number of aromatic nitrogens is 2. The first-order valence-electron chi connectivity index (χ1n) is 6.89. The first kappa shape index (κ1) is 14.6. The van der Waals surface area contributed by atoms with E-state index >= 15 is 0 Å². The van der Waals surface area contributed by atoms with Crippen molar-refractivity contribution in [3.05, 3.63) is 18.0 Å². The average Bonchev–Trinajstić information content (AvgIpc) is 2.77. The lowest BCUT2D eigenvalue weighted by Crippen LogP contribution is -2.08. The molecule has 2 nitrogen and oxygen atoms in total. The number of hydrogen-bond donors (Lipinski definition) is 0. The Hall–Kier alpha value is -0.500. The van der Waals surface area contributed by atoms with Gasteiger partial charge in [-0.3, -0.25) is 4.68 Å². The van der Waals surface area contributed by atoms with Crippen LogP contribution in [0.15, 0.2) is 12.3 Å². The third kappa shape index (κ3) is 4.71. The number of aryl methyl sites for hydroxylation is 1. The van der Waals surface area contributed by atoms with Crippen molar-refractivity contribution in [1.82, 2.24) is 9.78 Å². The molecule has 0 bridgehead atoms. The molecule has 1 atom stereocenters. The van der Waals surface area contributed by atoms with Gasteiger partial charge in [0.25, 0.3) is 0 Å². The van der Waals surface area contributed by atoms with Gasteiger partial charge >= 0.3 is 0 Å². The van der Waals surface area contributed by atoms with Gasteiger partial charge in [0.05, 0.1) is 11.7 Å². The van der Waals surface area contributed by atoms with E-state index in [1.54, 1.807) is 0 Å². The molecule has 3 heteroatoms. The normalized spacial score (nSPS) is 13.2. The molecular weight excluding hydrogens is 232 g/mol. The van der Waals surface area contributed by atoms with E-state index < -0.39 is 0 Å². The zero-order valence-corrected chi connectivity index (χ0v) is 12.1. The fraction of sp³-hybridized carbons (Fsp3) is 0.786. The Bertz CT molecular complexity index is 305. The van der Waals surface area contributed by atoms with Crippen LogP contribution in [0.2, 0.25) is 0 Å². The lowest BCUT2D eigenvalue weighted by atomic mass is 10.1. The van der Waals surface area contributed by atoms with Crippen LogP contribution in [-0.4, -0.2) is 15.2 Å². The Morgan fingerprint density at radius 2 is 1.94 bits per heavy atom. The molecule has 1 aromatic rings. The van der Waals surface area contributed by atoms with E-state index in [0.29, 0.717) is 11.4 Å². The Morgan fingerprint density at radius 1 is 1.24 bits per heavy atom. The average molecular weight is 257 g/mol. The summed E-state index contributed by atoms with van der Waals surface area (Å²) in [6.07, 6.45) is 8.70. The van der Waals surface area contributed by atoms with E-state index in [2.05, 4.69) is 42.8 Å². The Kier molecular flexibility index (Phi) is 6.64. The highest BCUT2D eigenvalue weighted by atomic mass is 35.5. The molecular formula is C14H25ClN2. The smallest absolute Gasteiger partial charge is 0.0625 e. The second-order valence-corrected chi connectivity index (χ2v) is 5.30. The Labute approximate surface area is 110 Å². The predicted molar refractivity (Wildman–Crippen MR) is 74.7 cm³/mol. The molecule has 1 heterocycles. The van der Waals surface area contributed by atoms with Crippen molar-refractivity contribution in [2.24, 2.45) is 0 Å². The minimum Gasteiger partial charge on any atom is -0.269 e. The summed E-state index contributed by atoms with van der Waals surface area (Å²) in [5, 5.41) is 4.95. The third-order valence-corrected chi connectivity index (χ3v) is 3.73. The molecule has 1 unspecified atom stereocenters. The van der Waals surface area contributed by atoms with E-state index in [1.165, 1.54) is 5.69 Å². The zero-order valence-electron chi connectivity index (χ0n) is 11.3. The van der Waals surface area contributed by atoms with Crippen molar-refractivity contribution in [2.45, 2.75) is 70.7 Å². The summed E-state index contributed by atoms with van der Waals surface area (Å²) in [6.45, 7) is 6.61. The van der Waals surface area contributed by atoms with Gasteiger partial charge in [-0.25, -0.2) is 0 Å². The highest BCUT2D eigenvalue weighted by Crippen LogP contribution is 2.17. The molecule has 0 saturated carbocycles. The van der Waals surface area contributed by atoms with Crippen LogP contribution in [0.3, 0.4) is 0 Å². The molecule has 17 heavy (non-hydrogen) atoms. The van der Waals surface area contributed by atoms with E-state index in [4.69, 9.17) is 11.6 Å². The highest BCUT2D eigenvalue weighted by molar-refractivity contribution is 6.20. The fourth-order valence-electron chi connectivity index (χ4n) is 2.14. The number of halogens is 1. The standard InChI is InChI=1S/C14H25ClN2/c1-4-7-12(15)8-9-13-10-11-17(16-13)14(5-2)6-3/h10-12,14H,4-9H2,1-3H3. The van der Waals surface area contributed by atoms with Gasteiger partial charge < -0.3 is 0 Å². The van der Waals surface area contributed by atoms with Crippen LogP contribution in [0.25, 0.3) is 0 Å². The van der Waals surface area contributed by atoms with Gasteiger partial charge in [-0.05, 0) is 38.2 Å². The first-order chi connectivity index (χ1) is 8.21. The summed E-state index contributed by atoms with van der Waals surface area (Å²) in [4.78, 5) is 0. The van der Waals surface area contributed by atoms with Gasteiger partial charge in [0.15, 0.2) is 0 Å². The quantitative estimate of drug-likeness (QED) is 0.623. The molecule has 0 spiro atoms.